The zero-order valence-electron chi connectivity index (χ0n) is 12.7. The zero-order valence-corrected chi connectivity index (χ0v) is 12.7. The fraction of sp³-hybridized carbons (Fsp3) is 0.222. The van der Waals surface area contributed by atoms with Crippen molar-refractivity contribution >= 4 is 11.6 Å². The van der Waals surface area contributed by atoms with Crippen molar-refractivity contribution in [2.75, 3.05) is 0 Å². The molecule has 0 saturated carbocycles. The summed E-state index contributed by atoms with van der Waals surface area (Å²) in [5.41, 5.74) is 7.36. The molecule has 108 valence electrons. The van der Waals surface area contributed by atoms with Gasteiger partial charge in [0.2, 0.25) is 0 Å². The number of hydrazone groups is 1. The van der Waals surface area contributed by atoms with E-state index in [9.17, 15) is 4.79 Å². The van der Waals surface area contributed by atoms with E-state index in [1.54, 1.807) is 6.07 Å². The number of hydrogen-bond donors (Lipinski definition) is 1. The molecule has 2 aromatic rings. The number of carbonyl (C=O) groups is 1. The van der Waals surface area contributed by atoms with E-state index in [4.69, 9.17) is 0 Å². The number of hydrogen-bond acceptors (Lipinski definition) is 2. The summed E-state index contributed by atoms with van der Waals surface area (Å²) in [6.45, 7) is 5.99. The minimum atomic E-state index is -0.175. The van der Waals surface area contributed by atoms with E-state index >= 15 is 0 Å². The molecule has 0 aliphatic rings. The number of rotatable bonds is 4. The van der Waals surface area contributed by atoms with Gasteiger partial charge in [0.1, 0.15) is 0 Å². The van der Waals surface area contributed by atoms with Crippen LogP contribution in [-0.4, -0.2) is 11.6 Å². The summed E-state index contributed by atoms with van der Waals surface area (Å²) >= 11 is 0. The van der Waals surface area contributed by atoms with Crippen LogP contribution in [0.15, 0.2) is 53.6 Å². The van der Waals surface area contributed by atoms with Gasteiger partial charge >= 0.3 is 0 Å². The van der Waals surface area contributed by atoms with E-state index in [2.05, 4.69) is 10.5 Å². The minimum Gasteiger partial charge on any atom is -0.267 e. The monoisotopic (exact) mass is 280 g/mol. The summed E-state index contributed by atoms with van der Waals surface area (Å²) in [6, 6.07) is 15.6. The highest BCUT2D eigenvalue weighted by Gasteiger charge is 2.08. The molecule has 1 amide bonds. The smallest absolute Gasteiger partial charge is 0.267 e. The second kappa shape index (κ2) is 6.84. The second-order valence-corrected chi connectivity index (χ2v) is 5.03. The largest absolute Gasteiger partial charge is 0.271 e. The highest BCUT2D eigenvalue weighted by atomic mass is 16.2. The Morgan fingerprint density at radius 1 is 1.05 bits per heavy atom. The zero-order chi connectivity index (χ0) is 15.2. The predicted octanol–water partition coefficient (Wildman–Crippen LogP) is 3.85. The molecule has 3 nitrogen and oxygen atoms in total. The van der Waals surface area contributed by atoms with E-state index in [-0.39, 0.29) is 5.91 Å². The Kier molecular flexibility index (Phi) is 4.88. The van der Waals surface area contributed by atoms with Crippen molar-refractivity contribution in [1.82, 2.24) is 5.43 Å². The van der Waals surface area contributed by atoms with Crippen LogP contribution >= 0.6 is 0 Å². The first kappa shape index (κ1) is 15.0. The maximum absolute atomic E-state index is 12.2. The number of nitrogens with zero attached hydrogens (tertiary/aromatic N) is 1. The third-order valence-corrected chi connectivity index (χ3v) is 3.40. The number of aryl methyl sites for hydroxylation is 2. The summed E-state index contributed by atoms with van der Waals surface area (Å²) in [5.74, 6) is -0.175. The van der Waals surface area contributed by atoms with Gasteiger partial charge in [-0.25, -0.2) is 5.43 Å². The summed E-state index contributed by atoms with van der Waals surface area (Å²) in [5, 5.41) is 4.28. The van der Waals surface area contributed by atoms with Crippen molar-refractivity contribution in [2.45, 2.75) is 27.2 Å². The molecule has 0 spiro atoms. The predicted molar refractivity (Wildman–Crippen MR) is 86.7 cm³/mol. The van der Waals surface area contributed by atoms with Gasteiger partial charge in [0.15, 0.2) is 0 Å². The van der Waals surface area contributed by atoms with E-state index in [0.717, 1.165) is 23.3 Å². The Labute approximate surface area is 125 Å². The molecule has 0 aliphatic carbocycles. The van der Waals surface area contributed by atoms with E-state index in [1.165, 1.54) is 5.56 Å². The van der Waals surface area contributed by atoms with Crippen LogP contribution in [0.1, 0.15) is 40.4 Å². The van der Waals surface area contributed by atoms with Crippen molar-refractivity contribution in [2.24, 2.45) is 5.10 Å². The van der Waals surface area contributed by atoms with Crippen molar-refractivity contribution < 1.29 is 4.79 Å². The quantitative estimate of drug-likeness (QED) is 0.671. The Morgan fingerprint density at radius 3 is 2.33 bits per heavy atom. The average molecular weight is 280 g/mol. The summed E-state index contributed by atoms with van der Waals surface area (Å²) < 4.78 is 0. The summed E-state index contributed by atoms with van der Waals surface area (Å²) in [4.78, 5) is 12.2. The summed E-state index contributed by atoms with van der Waals surface area (Å²) in [6.07, 6.45) is 0.761. The first-order valence-electron chi connectivity index (χ1n) is 7.11. The molecule has 1 N–H and O–H groups in total. The molecule has 0 radical (unpaired) electrons. The topological polar surface area (TPSA) is 41.5 Å². The first-order valence-corrected chi connectivity index (χ1v) is 7.11. The molecule has 3 heteroatoms. The van der Waals surface area contributed by atoms with Crippen molar-refractivity contribution in [1.29, 1.82) is 0 Å². The Bertz CT molecular complexity index is 657. The van der Waals surface area contributed by atoms with Crippen LogP contribution < -0.4 is 5.43 Å². The van der Waals surface area contributed by atoms with E-state index < -0.39 is 0 Å². The molecule has 0 unspecified atom stereocenters. The van der Waals surface area contributed by atoms with Gasteiger partial charge in [0, 0.05) is 5.56 Å². The average Bonchev–Trinajstić information content (AvgIpc) is 2.49. The second-order valence-electron chi connectivity index (χ2n) is 5.03. The molecule has 0 saturated heterocycles. The van der Waals surface area contributed by atoms with Gasteiger partial charge in [-0.3, -0.25) is 4.79 Å². The Hall–Kier alpha value is -2.42. The number of carbonyl (C=O) groups excluding carboxylic acids is 1. The number of nitrogens with one attached hydrogen (secondary N) is 1. The Balaban J connectivity index is 2.16. The molecule has 21 heavy (non-hydrogen) atoms. The van der Waals surface area contributed by atoms with Gasteiger partial charge in [-0.2, -0.15) is 5.10 Å². The van der Waals surface area contributed by atoms with Gasteiger partial charge in [0.25, 0.3) is 5.91 Å². The molecule has 0 fully saturated rings. The number of amides is 1. The molecule has 0 bridgehead atoms. The Morgan fingerprint density at radius 2 is 1.71 bits per heavy atom. The highest BCUT2D eigenvalue weighted by Crippen LogP contribution is 2.09. The van der Waals surface area contributed by atoms with Gasteiger partial charge in [-0.15, -0.1) is 0 Å². The molecule has 2 rings (SSSR count). The third kappa shape index (κ3) is 3.78. The van der Waals surface area contributed by atoms with Crippen molar-refractivity contribution in [3.8, 4) is 0 Å². The van der Waals surface area contributed by atoms with E-state index in [1.807, 2.05) is 63.2 Å². The van der Waals surface area contributed by atoms with Gasteiger partial charge in [-0.1, -0.05) is 55.0 Å². The first-order chi connectivity index (χ1) is 10.1. The lowest BCUT2D eigenvalue weighted by molar-refractivity contribution is 0.0954. The van der Waals surface area contributed by atoms with Gasteiger partial charge < -0.3 is 0 Å². The number of benzene rings is 2. The molecule has 0 aliphatic heterocycles. The molecule has 0 heterocycles. The van der Waals surface area contributed by atoms with Crippen LogP contribution in [0.5, 0.6) is 0 Å². The van der Waals surface area contributed by atoms with Crippen LogP contribution in [0.2, 0.25) is 0 Å². The third-order valence-electron chi connectivity index (χ3n) is 3.40. The van der Waals surface area contributed by atoms with Crippen LogP contribution in [-0.2, 0) is 0 Å². The maximum Gasteiger partial charge on any atom is 0.271 e. The van der Waals surface area contributed by atoms with Gasteiger partial charge in [-0.05, 0) is 37.5 Å². The van der Waals surface area contributed by atoms with Crippen LogP contribution in [0.25, 0.3) is 0 Å². The van der Waals surface area contributed by atoms with Crippen LogP contribution in [0.4, 0.5) is 0 Å². The lowest BCUT2D eigenvalue weighted by atomic mass is 10.1. The molecule has 0 aromatic heterocycles. The lowest BCUT2D eigenvalue weighted by Gasteiger charge is -2.07. The van der Waals surface area contributed by atoms with E-state index in [0.29, 0.717) is 5.56 Å². The van der Waals surface area contributed by atoms with Crippen LogP contribution in [0, 0.1) is 13.8 Å². The molecular weight excluding hydrogens is 260 g/mol. The SMILES string of the molecule is CCC(=NNC(=O)c1ccccc1C)c1ccc(C)cc1. The van der Waals surface area contributed by atoms with Gasteiger partial charge in [0.05, 0.1) is 5.71 Å². The highest BCUT2D eigenvalue weighted by molar-refractivity contribution is 6.02. The van der Waals surface area contributed by atoms with Crippen LogP contribution in [0.3, 0.4) is 0 Å². The fourth-order valence-corrected chi connectivity index (χ4v) is 2.10. The molecular formula is C18H20N2O. The molecule has 0 atom stereocenters. The maximum atomic E-state index is 12.2. The summed E-state index contributed by atoms with van der Waals surface area (Å²) in [7, 11) is 0. The van der Waals surface area contributed by atoms with Crippen molar-refractivity contribution in [3.05, 3.63) is 70.8 Å². The standard InChI is InChI=1S/C18H20N2O/c1-4-17(15-11-9-13(2)10-12-15)19-20-18(21)16-8-6-5-7-14(16)3/h5-12H,4H2,1-3H3,(H,20,21). The minimum absolute atomic E-state index is 0.175. The molecule has 2 aromatic carbocycles. The fourth-order valence-electron chi connectivity index (χ4n) is 2.10. The van der Waals surface area contributed by atoms with Crippen molar-refractivity contribution in [3.63, 3.8) is 0 Å². The normalized spacial score (nSPS) is 11.3. The lowest BCUT2D eigenvalue weighted by Crippen LogP contribution is -2.20.